The van der Waals surface area contributed by atoms with E-state index in [9.17, 15) is 19.7 Å². The predicted molar refractivity (Wildman–Crippen MR) is 109 cm³/mol. The summed E-state index contributed by atoms with van der Waals surface area (Å²) in [4.78, 5) is 33.5. The Hall–Kier alpha value is -3.13. The van der Waals surface area contributed by atoms with E-state index in [2.05, 4.69) is 5.32 Å². The van der Waals surface area contributed by atoms with Gasteiger partial charge in [-0.05, 0) is 17.2 Å². The van der Waals surface area contributed by atoms with E-state index >= 15 is 0 Å². The van der Waals surface area contributed by atoms with E-state index in [1.807, 2.05) is 30.3 Å². The van der Waals surface area contributed by atoms with Crippen LogP contribution in [0.3, 0.4) is 0 Å². The second kappa shape index (κ2) is 11.6. The van der Waals surface area contributed by atoms with Crippen LogP contribution in [0.1, 0.15) is 11.1 Å². The first-order valence-corrected chi connectivity index (χ1v) is 9.68. The largest absolute Gasteiger partial charge is 0.452 e. The molecule has 0 saturated carbocycles. The minimum Gasteiger partial charge on any atom is -0.452 e. The molecule has 0 radical (unpaired) electrons. The van der Waals surface area contributed by atoms with Gasteiger partial charge >= 0.3 is 5.97 Å². The molecule has 8 heteroatoms. The Bertz CT molecular complexity index is 839. The standard InChI is InChI=1S/C20H20N2O5S/c23-19(21-11-12-28-15-17-5-2-1-3-6-17)14-27-20(24)10-9-16-7-4-8-18(13-16)22(25)26/h1-10,13H,11-12,14-15H2,(H,21,23)/b10-9+. The second-order valence-corrected chi connectivity index (χ2v) is 6.79. The lowest BCUT2D eigenvalue weighted by atomic mass is 10.2. The van der Waals surface area contributed by atoms with Crippen LogP contribution in [0.2, 0.25) is 0 Å². The number of non-ortho nitro benzene ring substituents is 1. The van der Waals surface area contributed by atoms with Crippen LogP contribution >= 0.6 is 11.8 Å². The smallest absolute Gasteiger partial charge is 0.331 e. The number of hydrogen-bond donors (Lipinski definition) is 1. The molecule has 0 unspecified atom stereocenters. The molecule has 0 spiro atoms. The van der Waals surface area contributed by atoms with Crippen LogP contribution in [0.25, 0.3) is 6.08 Å². The average molecular weight is 400 g/mol. The van der Waals surface area contributed by atoms with Gasteiger partial charge in [-0.1, -0.05) is 42.5 Å². The van der Waals surface area contributed by atoms with Crippen molar-refractivity contribution < 1.29 is 19.2 Å². The van der Waals surface area contributed by atoms with Gasteiger partial charge in [0.05, 0.1) is 4.92 Å². The Balaban J connectivity index is 1.62. The molecule has 7 nitrogen and oxygen atoms in total. The first-order chi connectivity index (χ1) is 13.5. The van der Waals surface area contributed by atoms with Gasteiger partial charge in [0.2, 0.25) is 0 Å². The highest BCUT2D eigenvalue weighted by molar-refractivity contribution is 7.98. The monoisotopic (exact) mass is 400 g/mol. The molecule has 0 aromatic heterocycles. The van der Waals surface area contributed by atoms with Crippen molar-refractivity contribution in [1.29, 1.82) is 0 Å². The van der Waals surface area contributed by atoms with Crippen molar-refractivity contribution in [2.45, 2.75) is 5.75 Å². The maximum absolute atomic E-state index is 11.7. The number of amides is 1. The third kappa shape index (κ3) is 8.05. The number of nitrogens with one attached hydrogen (secondary N) is 1. The third-order valence-corrected chi connectivity index (χ3v) is 4.55. The van der Waals surface area contributed by atoms with E-state index in [0.717, 1.165) is 17.6 Å². The van der Waals surface area contributed by atoms with Crippen LogP contribution in [-0.2, 0) is 20.1 Å². The SMILES string of the molecule is O=C(COC(=O)/C=C/c1cccc([N+](=O)[O-])c1)NCCSCc1ccccc1. The number of hydrogen-bond acceptors (Lipinski definition) is 6. The number of carbonyl (C=O) groups excluding carboxylic acids is 2. The number of carbonyl (C=O) groups is 2. The number of nitrogens with zero attached hydrogens (tertiary/aromatic N) is 1. The highest BCUT2D eigenvalue weighted by Crippen LogP contribution is 2.14. The lowest BCUT2D eigenvalue weighted by Crippen LogP contribution is -2.30. The van der Waals surface area contributed by atoms with Crippen LogP contribution < -0.4 is 5.32 Å². The number of thioether (sulfide) groups is 1. The van der Waals surface area contributed by atoms with Crippen molar-refractivity contribution >= 4 is 35.4 Å². The zero-order chi connectivity index (χ0) is 20.2. The van der Waals surface area contributed by atoms with E-state index in [1.54, 1.807) is 17.8 Å². The molecule has 146 valence electrons. The molecule has 1 N–H and O–H groups in total. The summed E-state index contributed by atoms with van der Waals surface area (Å²) >= 11 is 1.70. The molecule has 1 amide bonds. The Labute approximate surface area is 166 Å². The summed E-state index contributed by atoms with van der Waals surface area (Å²) in [6.45, 7) is 0.110. The van der Waals surface area contributed by atoms with Crippen molar-refractivity contribution in [3.05, 3.63) is 81.9 Å². The molecule has 0 atom stereocenters. The van der Waals surface area contributed by atoms with Crippen LogP contribution in [0.5, 0.6) is 0 Å². The van der Waals surface area contributed by atoms with E-state index in [4.69, 9.17) is 4.74 Å². The minimum absolute atomic E-state index is 0.0694. The Morgan fingerprint density at radius 1 is 1.14 bits per heavy atom. The topological polar surface area (TPSA) is 98.5 Å². The number of nitro groups is 1. The fourth-order valence-corrected chi connectivity index (χ4v) is 2.99. The summed E-state index contributed by atoms with van der Waals surface area (Å²) in [6.07, 6.45) is 2.52. The lowest BCUT2D eigenvalue weighted by Gasteiger charge is -2.05. The van der Waals surface area contributed by atoms with Crippen molar-refractivity contribution in [2.75, 3.05) is 18.9 Å². The van der Waals surface area contributed by atoms with Crippen molar-refractivity contribution in [3.8, 4) is 0 Å². The van der Waals surface area contributed by atoms with Gasteiger partial charge in [0, 0.05) is 36.3 Å². The van der Waals surface area contributed by atoms with Gasteiger partial charge < -0.3 is 10.1 Å². The zero-order valence-corrected chi connectivity index (χ0v) is 15.9. The predicted octanol–water partition coefficient (Wildman–Crippen LogP) is 3.20. The van der Waals surface area contributed by atoms with Crippen LogP contribution in [0, 0.1) is 10.1 Å². The maximum atomic E-state index is 11.7. The van der Waals surface area contributed by atoms with Gasteiger partial charge in [0.25, 0.3) is 11.6 Å². The highest BCUT2D eigenvalue weighted by atomic mass is 32.2. The van der Waals surface area contributed by atoms with Gasteiger partial charge in [-0.3, -0.25) is 14.9 Å². The van der Waals surface area contributed by atoms with Crippen molar-refractivity contribution in [1.82, 2.24) is 5.32 Å². The number of nitro benzene ring substituents is 1. The number of rotatable bonds is 10. The molecular weight excluding hydrogens is 380 g/mol. The summed E-state index contributed by atoms with van der Waals surface area (Å²) in [5.74, 6) is 0.549. The molecular formula is C20H20N2O5S. The molecule has 0 bridgehead atoms. The van der Waals surface area contributed by atoms with Gasteiger partial charge in [0.1, 0.15) is 0 Å². The molecule has 2 aromatic carbocycles. The van der Waals surface area contributed by atoms with Crippen LogP contribution in [0.4, 0.5) is 5.69 Å². The van der Waals surface area contributed by atoms with Crippen LogP contribution in [0.15, 0.2) is 60.7 Å². The molecule has 0 fully saturated rings. The second-order valence-electron chi connectivity index (χ2n) is 5.68. The number of esters is 1. The Kier molecular flexibility index (Phi) is 8.74. The number of ether oxygens (including phenoxy) is 1. The first kappa shape index (κ1) is 21.2. The fraction of sp³-hybridized carbons (Fsp3) is 0.200. The van der Waals surface area contributed by atoms with E-state index in [-0.39, 0.29) is 18.2 Å². The fourth-order valence-electron chi connectivity index (χ4n) is 2.17. The molecule has 0 aliphatic heterocycles. The summed E-state index contributed by atoms with van der Waals surface area (Å²) in [5.41, 5.74) is 1.65. The first-order valence-electron chi connectivity index (χ1n) is 8.52. The summed E-state index contributed by atoms with van der Waals surface area (Å²) in [7, 11) is 0. The molecule has 0 heterocycles. The minimum atomic E-state index is -0.694. The molecule has 2 rings (SSSR count). The lowest BCUT2D eigenvalue weighted by molar-refractivity contribution is -0.384. The summed E-state index contributed by atoms with van der Waals surface area (Å²) in [5, 5.41) is 13.4. The van der Waals surface area contributed by atoms with Gasteiger partial charge in [-0.2, -0.15) is 11.8 Å². The van der Waals surface area contributed by atoms with Gasteiger partial charge in [0.15, 0.2) is 6.61 Å². The molecule has 28 heavy (non-hydrogen) atoms. The molecule has 0 aliphatic carbocycles. The quantitative estimate of drug-likeness (QED) is 0.216. The molecule has 2 aromatic rings. The molecule has 0 aliphatic rings. The van der Waals surface area contributed by atoms with Crippen LogP contribution in [-0.4, -0.2) is 35.7 Å². The van der Waals surface area contributed by atoms with Gasteiger partial charge in [-0.15, -0.1) is 0 Å². The highest BCUT2D eigenvalue weighted by Gasteiger charge is 2.06. The average Bonchev–Trinajstić information content (AvgIpc) is 2.71. The van der Waals surface area contributed by atoms with E-state index in [1.165, 1.54) is 29.8 Å². The third-order valence-electron chi connectivity index (χ3n) is 3.52. The van der Waals surface area contributed by atoms with E-state index in [0.29, 0.717) is 12.1 Å². The van der Waals surface area contributed by atoms with Crippen molar-refractivity contribution in [2.24, 2.45) is 0 Å². The summed E-state index contributed by atoms with van der Waals surface area (Å²) < 4.78 is 4.85. The van der Waals surface area contributed by atoms with Gasteiger partial charge in [-0.25, -0.2) is 4.79 Å². The number of benzene rings is 2. The Morgan fingerprint density at radius 2 is 1.93 bits per heavy atom. The zero-order valence-electron chi connectivity index (χ0n) is 15.1. The Morgan fingerprint density at radius 3 is 2.68 bits per heavy atom. The maximum Gasteiger partial charge on any atom is 0.331 e. The summed E-state index contributed by atoms with van der Waals surface area (Å²) in [6, 6.07) is 15.9. The van der Waals surface area contributed by atoms with Crippen molar-refractivity contribution in [3.63, 3.8) is 0 Å². The normalized spacial score (nSPS) is 10.6. The molecule has 0 saturated heterocycles. The van der Waals surface area contributed by atoms with E-state index < -0.39 is 10.9 Å².